The van der Waals surface area contributed by atoms with Crippen LogP contribution in [0.1, 0.15) is 42.9 Å². The fourth-order valence-electron chi connectivity index (χ4n) is 2.96. The molecule has 0 bridgehead atoms. The third-order valence-electron chi connectivity index (χ3n) is 4.07. The maximum absolute atomic E-state index is 6.27. The summed E-state index contributed by atoms with van der Waals surface area (Å²) in [6.45, 7) is 2.29. The Morgan fingerprint density at radius 1 is 0.950 bits per heavy atom. The number of hydrogen-bond acceptors (Lipinski definition) is 1. The average Bonchev–Trinajstić information content (AvgIpc) is 2.47. The zero-order valence-corrected chi connectivity index (χ0v) is 12.9. The Kier molecular flexibility index (Phi) is 3.91. The van der Waals surface area contributed by atoms with Crippen molar-refractivity contribution in [2.45, 2.75) is 31.7 Å². The van der Waals surface area contributed by atoms with E-state index in [1.54, 1.807) is 0 Å². The van der Waals surface area contributed by atoms with Crippen LogP contribution in [-0.2, 0) is 0 Å². The van der Waals surface area contributed by atoms with Gasteiger partial charge < -0.3 is 5.32 Å². The highest BCUT2D eigenvalue weighted by Gasteiger charge is 2.24. The van der Waals surface area contributed by atoms with Crippen LogP contribution < -0.4 is 5.32 Å². The van der Waals surface area contributed by atoms with E-state index < -0.39 is 0 Å². The minimum absolute atomic E-state index is 0.304. The first kappa shape index (κ1) is 13.8. The van der Waals surface area contributed by atoms with Crippen LogP contribution in [0, 0.1) is 0 Å². The maximum Gasteiger partial charge on any atom is 0.0823 e. The fraction of sp³-hybridized carbons (Fsp3) is 0.294. The van der Waals surface area contributed by atoms with E-state index in [1.165, 1.54) is 17.5 Å². The molecule has 0 spiro atoms. The molecule has 2 aromatic rings. The Morgan fingerprint density at radius 2 is 1.70 bits per heavy atom. The molecule has 1 nitrogen and oxygen atoms in total. The molecule has 0 saturated heterocycles. The van der Waals surface area contributed by atoms with Gasteiger partial charge in [-0.1, -0.05) is 60.5 Å². The predicted octanol–water partition coefficient (Wildman–Crippen LogP) is 6.04. The third-order valence-corrected chi connectivity index (χ3v) is 4.89. The zero-order valence-electron chi connectivity index (χ0n) is 11.4. The number of benzene rings is 2. The maximum atomic E-state index is 6.27. The van der Waals surface area contributed by atoms with E-state index in [9.17, 15) is 0 Å². The first-order valence-corrected chi connectivity index (χ1v) is 7.72. The first-order chi connectivity index (χ1) is 9.66. The van der Waals surface area contributed by atoms with Crippen molar-refractivity contribution >= 4 is 28.9 Å². The summed E-state index contributed by atoms with van der Waals surface area (Å²) in [7, 11) is 0. The molecule has 20 heavy (non-hydrogen) atoms. The van der Waals surface area contributed by atoms with Crippen molar-refractivity contribution < 1.29 is 0 Å². The van der Waals surface area contributed by atoms with Gasteiger partial charge in [0.1, 0.15) is 0 Å². The second kappa shape index (κ2) is 5.67. The molecule has 0 aliphatic heterocycles. The van der Waals surface area contributed by atoms with Gasteiger partial charge in [-0.3, -0.25) is 0 Å². The van der Waals surface area contributed by atoms with Crippen LogP contribution in [-0.4, -0.2) is 0 Å². The number of fused-ring (bicyclic) bond motifs is 1. The molecule has 0 fully saturated rings. The Labute approximate surface area is 129 Å². The van der Waals surface area contributed by atoms with Gasteiger partial charge in [-0.2, -0.15) is 0 Å². The van der Waals surface area contributed by atoms with Gasteiger partial charge in [0.25, 0.3) is 0 Å². The fourth-order valence-corrected chi connectivity index (χ4v) is 3.31. The number of hydrogen-bond donors (Lipinski definition) is 1. The molecule has 0 aromatic heterocycles. The summed E-state index contributed by atoms with van der Waals surface area (Å²) in [6, 6.07) is 14.7. The number of anilines is 1. The van der Waals surface area contributed by atoms with Crippen molar-refractivity contribution in [1.82, 2.24) is 0 Å². The largest absolute Gasteiger partial charge is 0.377 e. The second-order valence-electron chi connectivity index (χ2n) is 5.41. The molecule has 0 heterocycles. The molecule has 1 aliphatic carbocycles. The minimum Gasteiger partial charge on any atom is -0.377 e. The quantitative estimate of drug-likeness (QED) is 0.712. The van der Waals surface area contributed by atoms with Gasteiger partial charge in [-0.25, -0.2) is 0 Å². The summed E-state index contributed by atoms with van der Waals surface area (Å²) in [5.74, 6) is 0.624. The molecule has 2 aromatic carbocycles. The predicted molar refractivity (Wildman–Crippen MR) is 86.9 cm³/mol. The standard InChI is InChI=1S/C17H17Cl2N/c1-11-9-10-15(13-6-3-2-5-12(11)13)20-16-8-4-7-14(18)17(16)19/h2-8,11,15,20H,9-10H2,1H3. The van der Waals surface area contributed by atoms with Crippen molar-refractivity contribution in [2.24, 2.45) is 0 Å². The topological polar surface area (TPSA) is 12.0 Å². The Morgan fingerprint density at radius 3 is 2.50 bits per heavy atom. The van der Waals surface area contributed by atoms with E-state index in [1.807, 2.05) is 18.2 Å². The average molecular weight is 306 g/mol. The Bertz CT molecular complexity index is 624. The summed E-state index contributed by atoms with van der Waals surface area (Å²) in [5.41, 5.74) is 3.73. The van der Waals surface area contributed by atoms with E-state index in [-0.39, 0.29) is 0 Å². The van der Waals surface area contributed by atoms with Crippen molar-refractivity contribution in [3.8, 4) is 0 Å². The molecular weight excluding hydrogens is 289 g/mol. The second-order valence-corrected chi connectivity index (χ2v) is 6.19. The Hall–Kier alpha value is -1.18. The molecule has 104 valence electrons. The molecule has 0 amide bonds. The van der Waals surface area contributed by atoms with Crippen molar-refractivity contribution in [2.75, 3.05) is 5.32 Å². The number of rotatable bonds is 2. The van der Waals surface area contributed by atoms with Crippen LogP contribution in [0.5, 0.6) is 0 Å². The molecular formula is C17H17Cl2N. The molecule has 0 saturated carbocycles. The normalized spacial score (nSPS) is 21.4. The molecule has 3 rings (SSSR count). The van der Waals surface area contributed by atoms with Crippen molar-refractivity contribution in [3.63, 3.8) is 0 Å². The molecule has 2 atom stereocenters. The molecule has 0 radical (unpaired) electrons. The van der Waals surface area contributed by atoms with Crippen molar-refractivity contribution in [1.29, 1.82) is 0 Å². The smallest absolute Gasteiger partial charge is 0.0823 e. The van der Waals surface area contributed by atoms with E-state index in [2.05, 4.69) is 36.5 Å². The highest BCUT2D eigenvalue weighted by Crippen LogP contribution is 2.40. The van der Waals surface area contributed by atoms with E-state index in [4.69, 9.17) is 23.2 Å². The lowest BCUT2D eigenvalue weighted by Gasteiger charge is -2.31. The van der Waals surface area contributed by atoms with Crippen LogP contribution in [0.4, 0.5) is 5.69 Å². The Balaban J connectivity index is 1.93. The van der Waals surface area contributed by atoms with Gasteiger partial charge in [0.15, 0.2) is 0 Å². The third kappa shape index (κ3) is 2.53. The monoisotopic (exact) mass is 305 g/mol. The number of nitrogens with one attached hydrogen (secondary N) is 1. The van der Waals surface area contributed by atoms with Gasteiger partial charge in [0, 0.05) is 0 Å². The minimum atomic E-state index is 0.304. The highest BCUT2D eigenvalue weighted by molar-refractivity contribution is 6.43. The van der Waals surface area contributed by atoms with Gasteiger partial charge >= 0.3 is 0 Å². The van der Waals surface area contributed by atoms with Gasteiger partial charge in [0.2, 0.25) is 0 Å². The van der Waals surface area contributed by atoms with Crippen LogP contribution in [0.15, 0.2) is 42.5 Å². The summed E-state index contributed by atoms with van der Waals surface area (Å²) in [4.78, 5) is 0. The van der Waals surface area contributed by atoms with E-state index in [0.717, 1.165) is 12.1 Å². The number of halogens is 2. The molecule has 1 N–H and O–H groups in total. The van der Waals surface area contributed by atoms with Gasteiger partial charge in [-0.15, -0.1) is 0 Å². The SMILES string of the molecule is CC1CCC(Nc2cccc(Cl)c2Cl)c2ccccc21. The first-order valence-electron chi connectivity index (χ1n) is 6.96. The van der Waals surface area contributed by atoms with E-state index >= 15 is 0 Å². The summed E-state index contributed by atoms with van der Waals surface area (Å²) in [6.07, 6.45) is 2.30. The van der Waals surface area contributed by atoms with Crippen LogP contribution in [0.3, 0.4) is 0 Å². The lowest BCUT2D eigenvalue weighted by Crippen LogP contribution is -2.19. The summed E-state index contributed by atoms with van der Waals surface area (Å²) in [5, 5.41) is 4.74. The molecule has 3 heteroatoms. The van der Waals surface area contributed by atoms with Crippen LogP contribution in [0.25, 0.3) is 0 Å². The van der Waals surface area contributed by atoms with Crippen LogP contribution >= 0.6 is 23.2 Å². The lowest BCUT2D eigenvalue weighted by atomic mass is 9.81. The van der Waals surface area contributed by atoms with E-state index in [0.29, 0.717) is 22.0 Å². The summed E-state index contributed by atoms with van der Waals surface area (Å²) >= 11 is 12.4. The van der Waals surface area contributed by atoms with Crippen LogP contribution in [0.2, 0.25) is 10.0 Å². The molecule has 1 aliphatic rings. The van der Waals surface area contributed by atoms with Gasteiger partial charge in [0.05, 0.1) is 21.8 Å². The molecule has 2 unspecified atom stereocenters. The summed E-state index contributed by atoms with van der Waals surface area (Å²) < 4.78 is 0. The van der Waals surface area contributed by atoms with Gasteiger partial charge in [-0.05, 0) is 42.0 Å². The zero-order chi connectivity index (χ0) is 14.1. The van der Waals surface area contributed by atoms with Crippen molar-refractivity contribution in [3.05, 3.63) is 63.6 Å². The lowest BCUT2D eigenvalue weighted by molar-refractivity contribution is 0.535. The highest BCUT2D eigenvalue weighted by atomic mass is 35.5.